The number of hydrogen-bond donors (Lipinski definition) is 2. The number of primary amides is 1. The molecule has 3 heterocycles. The van der Waals surface area contributed by atoms with Crippen LogP contribution in [0.3, 0.4) is 0 Å². The Balaban J connectivity index is 1.42. The summed E-state index contributed by atoms with van der Waals surface area (Å²) in [6.07, 6.45) is 3.67. The zero-order chi connectivity index (χ0) is 21.3. The van der Waals surface area contributed by atoms with Crippen molar-refractivity contribution in [1.29, 1.82) is 0 Å². The van der Waals surface area contributed by atoms with E-state index in [1.54, 1.807) is 0 Å². The SMILES string of the molecule is NC(=O)C1CCN(CC(=O)N2CCC3(CCNC3=O)CC2)C(c2ccc(Br)cc2)C1. The van der Waals surface area contributed by atoms with Crippen molar-refractivity contribution >= 4 is 33.7 Å². The van der Waals surface area contributed by atoms with E-state index in [-0.39, 0.29) is 35.1 Å². The molecule has 0 bridgehead atoms. The average molecular weight is 477 g/mol. The number of likely N-dealkylation sites (tertiary alicyclic amines) is 2. The number of amides is 3. The van der Waals surface area contributed by atoms with Crippen molar-refractivity contribution in [2.75, 3.05) is 32.7 Å². The first-order chi connectivity index (χ1) is 14.4. The minimum atomic E-state index is -0.267. The van der Waals surface area contributed by atoms with Crippen LogP contribution in [0.15, 0.2) is 28.7 Å². The number of nitrogens with zero attached hydrogens (tertiary/aromatic N) is 2. The molecule has 2 atom stereocenters. The minimum Gasteiger partial charge on any atom is -0.369 e. The zero-order valence-electron chi connectivity index (χ0n) is 17.1. The molecule has 0 aliphatic carbocycles. The summed E-state index contributed by atoms with van der Waals surface area (Å²) in [4.78, 5) is 41.1. The lowest BCUT2D eigenvalue weighted by atomic mass is 9.77. The van der Waals surface area contributed by atoms with Crippen molar-refractivity contribution in [3.05, 3.63) is 34.3 Å². The van der Waals surface area contributed by atoms with E-state index in [4.69, 9.17) is 5.73 Å². The van der Waals surface area contributed by atoms with Crippen LogP contribution in [-0.2, 0) is 14.4 Å². The van der Waals surface area contributed by atoms with E-state index in [9.17, 15) is 14.4 Å². The van der Waals surface area contributed by atoms with Crippen molar-refractivity contribution in [3.8, 4) is 0 Å². The number of carbonyl (C=O) groups excluding carboxylic acids is 3. The van der Waals surface area contributed by atoms with Crippen molar-refractivity contribution in [2.45, 2.75) is 38.1 Å². The van der Waals surface area contributed by atoms with Crippen LogP contribution in [0.2, 0.25) is 0 Å². The maximum Gasteiger partial charge on any atom is 0.236 e. The number of rotatable bonds is 4. The topological polar surface area (TPSA) is 95.7 Å². The van der Waals surface area contributed by atoms with Crippen molar-refractivity contribution < 1.29 is 14.4 Å². The third kappa shape index (κ3) is 4.25. The van der Waals surface area contributed by atoms with Gasteiger partial charge in [0.15, 0.2) is 0 Å². The molecule has 1 spiro atoms. The zero-order valence-corrected chi connectivity index (χ0v) is 18.7. The van der Waals surface area contributed by atoms with Gasteiger partial charge in [-0.3, -0.25) is 19.3 Å². The molecule has 162 valence electrons. The third-order valence-corrected chi connectivity index (χ3v) is 7.68. The van der Waals surface area contributed by atoms with Crippen LogP contribution < -0.4 is 11.1 Å². The Kier molecular flexibility index (Phi) is 6.16. The monoisotopic (exact) mass is 476 g/mol. The second-order valence-electron chi connectivity index (χ2n) is 8.83. The van der Waals surface area contributed by atoms with Gasteiger partial charge in [-0.05, 0) is 49.8 Å². The quantitative estimate of drug-likeness (QED) is 0.692. The molecule has 0 aromatic heterocycles. The van der Waals surface area contributed by atoms with Gasteiger partial charge in [-0.25, -0.2) is 0 Å². The molecule has 0 radical (unpaired) electrons. The molecule has 0 saturated carbocycles. The predicted octanol–water partition coefficient (Wildman–Crippen LogP) is 1.82. The lowest BCUT2D eigenvalue weighted by Crippen LogP contribution is -2.50. The van der Waals surface area contributed by atoms with Crippen LogP contribution in [0.5, 0.6) is 0 Å². The van der Waals surface area contributed by atoms with Crippen LogP contribution >= 0.6 is 15.9 Å². The number of nitrogens with one attached hydrogen (secondary N) is 1. The Bertz CT molecular complexity index is 820. The van der Waals surface area contributed by atoms with E-state index in [1.165, 1.54) is 0 Å². The molecule has 3 N–H and O–H groups in total. The molecular weight excluding hydrogens is 448 g/mol. The Hall–Kier alpha value is -1.93. The molecule has 8 heteroatoms. The van der Waals surface area contributed by atoms with E-state index in [0.29, 0.717) is 39.0 Å². The summed E-state index contributed by atoms with van der Waals surface area (Å²) in [5.74, 6) is -0.179. The van der Waals surface area contributed by atoms with Gasteiger partial charge in [0.25, 0.3) is 0 Å². The number of benzene rings is 1. The largest absolute Gasteiger partial charge is 0.369 e. The van der Waals surface area contributed by atoms with E-state index in [0.717, 1.165) is 35.8 Å². The summed E-state index contributed by atoms with van der Waals surface area (Å²) < 4.78 is 0.995. The van der Waals surface area contributed by atoms with Gasteiger partial charge < -0.3 is 16.0 Å². The Labute approximate surface area is 185 Å². The smallest absolute Gasteiger partial charge is 0.236 e. The van der Waals surface area contributed by atoms with Gasteiger partial charge in [-0.1, -0.05) is 28.1 Å². The summed E-state index contributed by atoms with van der Waals surface area (Å²) in [6, 6.07) is 8.04. The molecule has 30 heavy (non-hydrogen) atoms. The number of nitrogens with two attached hydrogens (primary N) is 1. The summed E-state index contributed by atoms with van der Waals surface area (Å²) in [5, 5.41) is 2.94. The van der Waals surface area contributed by atoms with Crippen LogP contribution in [0.4, 0.5) is 0 Å². The normalized spacial score (nSPS) is 26.6. The highest BCUT2D eigenvalue weighted by atomic mass is 79.9. The molecular formula is C22H29BrN4O3. The summed E-state index contributed by atoms with van der Waals surface area (Å²) in [7, 11) is 0. The van der Waals surface area contributed by atoms with Crippen LogP contribution in [0.25, 0.3) is 0 Å². The second-order valence-corrected chi connectivity index (χ2v) is 9.74. The molecule has 3 aliphatic rings. The molecule has 3 saturated heterocycles. The van der Waals surface area contributed by atoms with Gasteiger partial charge in [0.1, 0.15) is 0 Å². The van der Waals surface area contributed by atoms with E-state index < -0.39 is 0 Å². The molecule has 2 unspecified atom stereocenters. The van der Waals surface area contributed by atoms with Gasteiger partial charge in [-0.15, -0.1) is 0 Å². The van der Waals surface area contributed by atoms with Crippen LogP contribution in [-0.4, -0.2) is 60.2 Å². The Morgan fingerprint density at radius 3 is 2.43 bits per heavy atom. The first kappa shape index (κ1) is 21.3. The van der Waals surface area contributed by atoms with E-state index in [2.05, 4.69) is 26.1 Å². The molecule has 3 fully saturated rings. The van der Waals surface area contributed by atoms with Gasteiger partial charge >= 0.3 is 0 Å². The van der Waals surface area contributed by atoms with Gasteiger partial charge in [0.2, 0.25) is 17.7 Å². The number of halogens is 1. The molecule has 1 aromatic carbocycles. The molecule has 1 aromatic rings. The van der Waals surface area contributed by atoms with Gasteiger partial charge in [-0.2, -0.15) is 0 Å². The Morgan fingerprint density at radius 2 is 1.83 bits per heavy atom. The van der Waals surface area contributed by atoms with Gasteiger partial charge in [0, 0.05) is 42.6 Å². The fourth-order valence-corrected chi connectivity index (χ4v) is 5.41. The predicted molar refractivity (Wildman–Crippen MR) is 116 cm³/mol. The maximum atomic E-state index is 13.1. The number of carbonyl (C=O) groups is 3. The molecule has 3 amide bonds. The standard InChI is InChI=1S/C22H29BrN4O3/c23-17-3-1-15(2-4-17)18-13-16(20(24)29)5-10-27(18)14-19(28)26-11-7-22(8-12-26)6-9-25-21(22)30/h1-4,16,18H,5-14H2,(H2,24,29)(H,25,30). The highest BCUT2D eigenvalue weighted by molar-refractivity contribution is 9.10. The molecule has 3 aliphatic heterocycles. The van der Waals surface area contributed by atoms with E-state index in [1.807, 2.05) is 29.2 Å². The summed E-state index contributed by atoms with van der Waals surface area (Å²) in [5.41, 5.74) is 6.42. The van der Waals surface area contributed by atoms with Crippen molar-refractivity contribution in [2.24, 2.45) is 17.1 Å². The fourth-order valence-electron chi connectivity index (χ4n) is 5.14. The maximum absolute atomic E-state index is 13.1. The van der Waals surface area contributed by atoms with Crippen molar-refractivity contribution in [3.63, 3.8) is 0 Å². The summed E-state index contributed by atoms with van der Waals surface area (Å²) in [6.45, 7) is 3.00. The first-order valence-electron chi connectivity index (χ1n) is 10.7. The van der Waals surface area contributed by atoms with Crippen LogP contribution in [0.1, 0.15) is 43.7 Å². The number of piperidine rings is 2. The van der Waals surface area contributed by atoms with Crippen molar-refractivity contribution in [1.82, 2.24) is 15.1 Å². The van der Waals surface area contributed by atoms with Gasteiger partial charge in [0.05, 0.1) is 12.0 Å². The highest BCUT2D eigenvalue weighted by Gasteiger charge is 2.45. The average Bonchev–Trinajstić information content (AvgIpc) is 3.09. The lowest BCUT2D eigenvalue weighted by Gasteiger charge is -2.41. The Morgan fingerprint density at radius 1 is 1.13 bits per heavy atom. The highest BCUT2D eigenvalue weighted by Crippen LogP contribution is 2.38. The summed E-state index contributed by atoms with van der Waals surface area (Å²) >= 11 is 3.46. The minimum absolute atomic E-state index is 0.00922. The molecule has 4 rings (SSSR count). The second kappa shape index (κ2) is 8.67. The lowest BCUT2D eigenvalue weighted by molar-refractivity contribution is -0.140. The molecule has 7 nitrogen and oxygen atoms in total. The van der Waals surface area contributed by atoms with E-state index >= 15 is 0 Å². The first-order valence-corrected chi connectivity index (χ1v) is 11.5. The van der Waals surface area contributed by atoms with Crippen LogP contribution in [0, 0.1) is 11.3 Å². The third-order valence-electron chi connectivity index (χ3n) is 7.15. The number of hydrogen-bond acceptors (Lipinski definition) is 4. The fraction of sp³-hybridized carbons (Fsp3) is 0.591.